The minimum absolute atomic E-state index is 0.414. The Balaban J connectivity index is 3.25. The van der Waals surface area contributed by atoms with E-state index in [1.165, 1.54) is 0 Å². The fourth-order valence-corrected chi connectivity index (χ4v) is 1.18. The minimum Gasteiger partial charge on any atom is -0.491 e. The van der Waals surface area contributed by atoms with E-state index in [1.807, 2.05) is 4.98 Å². The maximum Gasteiger partial charge on any atom is 0.573 e. The van der Waals surface area contributed by atoms with Crippen LogP contribution in [0.5, 0.6) is 11.5 Å². The van der Waals surface area contributed by atoms with Crippen LogP contribution >= 0.6 is 0 Å². The van der Waals surface area contributed by atoms with Crippen LogP contribution in [-0.4, -0.2) is 29.5 Å². The molecule has 0 amide bonds. The van der Waals surface area contributed by atoms with Crippen LogP contribution in [-0.2, 0) is 11.2 Å². The first-order valence-corrected chi connectivity index (χ1v) is 4.50. The van der Waals surface area contributed by atoms with Crippen molar-refractivity contribution in [2.45, 2.75) is 12.8 Å². The Morgan fingerprint density at radius 2 is 2.06 bits per heavy atom. The van der Waals surface area contributed by atoms with Gasteiger partial charge in [-0.2, -0.15) is 0 Å². The van der Waals surface area contributed by atoms with Crippen LogP contribution in [0.25, 0.3) is 0 Å². The molecule has 9 heteroatoms. The highest BCUT2D eigenvalue weighted by atomic mass is 19.4. The van der Waals surface area contributed by atoms with Gasteiger partial charge in [0, 0.05) is 6.07 Å². The molecule has 100 valence electrons. The first-order valence-electron chi connectivity index (χ1n) is 4.50. The molecule has 1 aromatic rings. The molecule has 0 saturated carbocycles. The van der Waals surface area contributed by atoms with Gasteiger partial charge in [-0.05, 0) is 0 Å². The third-order valence-corrected chi connectivity index (χ3v) is 1.82. The van der Waals surface area contributed by atoms with Gasteiger partial charge in [0.25, 0.3) is 5.56 Å². The zero-order valence-corrected chi connectivity index (χ0v) is 9.00. The smallest absolute Gasteiger partial charge is 0.491 e. The number of nitrogens with one attached hydrogen (secondary N) is 1. The van der Waals surface area contributed by atoms with Crippen molar-refractivity contribution < 1.29 is 32.5 Å². The molecule has 18 heavy (non-hydrogen) atoms. The quantitative estimate of drug-likeness (QED) is 0.846. The molecule has 1 heterocycles. The van der Waals surface area contributed by atoms with E-state index in [2.05, 4.69) is 9.47 Å². The Hall–Kier alpha value is -2.19. The van der Waals surface area contributed by atoms with E-state index < -0.39 is 41.5 Å². The predicted octanol–water partition coefficient (Wildman–Crippen LogP) is 0.909. The van der Waals surface area contributed by atoms with Crippen molar-refractivity contribution in [2.24, 2.45) is 0 Å². The van der Waals surface area contributed by atoms with Gasteiger partial charge in [0.2, 0.25) is 0 Å². The summed E-state index contributed by atoms with van der Waals surface area (Å²) in [5, 5.41) is 8.52. The number of rotatable bonds is 4. The number of methoxy groups -OCH3 is 1. The largest absolute Gasteiger partial charge is 0.573 e. The number of aromatic nitrogens is 1. The second-order valence-corrected chi connectivity index (χ2v) is 3.13. The van der Waals surface area contributed by atoms with Crippen molar-refractivity contribution in [3.63, 3.8) is 0 Å². The highest BCUT2D eigenvalue weighted by Crippen LogP contribution is 2.27. The van der Waals surface area contributed by atoms with Crippen LogP contribution in [0.4, 0.5) is 13.2 Å². The summed E-state index contributed by atoms with van der Waals surface area (Å²) in [6.07, 6.45) is -5.82. The fraction of sp³-hybridized carbons (Fsp3) is 0.333. The number of carboxylic acid groups (broad SMARTS) is 1. The summed E-state index contributed by atoms with van der Waals surface area (Å²) >= 11 is 0. The lowest BCUT2D eigenvalue weighted by Gasteiger charge is -2.13. The van der Waals surface area contributed by atoms with Gasteiger partial charge in [0.15, 0.2) is 11.5 Å². The summed E-state index contributed by atoms with van der Waals surface area (Å²) in [6.45, 7) is 0. The van der Waals surface area contributed by atoms with E-state index in [-0.39, 0.29) is 0 Å². The number of alkyl halides is 3. The zero-order valence-electron chi connectivity index (χ0n) is 9.00. The molecule has 1 rings (SSSR count). The van der Waals surface area contributed by atoms with Gasteiger partial charge in [-0.1, -0.05) is 0 Å². The summed E-state index contributed by atoms with van der Waals surface area (Å²) in [5.74, 6) is -2.65. The molecule has 0 spiro atoms. The predicted molar refractivity (Wildman–Crippen MR) is 51.6 cm³/mol. The van der Waals surface area contributed by atoms with Crippen LogP contribution in [0.3, 0.4) is 0 Å². The Morgan fingerprint density at radius 1 is 1.44 bits per heavy atom. The van der Waals surface area contributed by atoms with Crippen LogP contribution in [0.1, 0.15) is 5.69 Å². The second-order valence-electron chi connectivity index (χ2n) is 3.13. The van der Waals surface area contributed by atoms with Gasteiger partial charge in [0.1, 0.15) is 0 Å². The van der Waals surface area contributed by atoms with E-state index in [9.17, 15) is 22.8 Å². The van der Waals surface area contributed by atoms with E-state index in [0.29, 0.717) is 6.07 Å². The number of hydrogen-bond acceptors (Lipinski definition) is 4. The average molecular weight is 267 g/mol. The number of ether oxygens (including phenoxy) is 2. The van der Waals surface area contributed by atoms with Crippen LogP contribution in [0, 0.1) is 0 Å². The van der Waals surface area contributed by atoms with Gasteiger partial charge in [0.05, 0.1) is 19.2 Å². The highest BCUT2D eigenvalue weighted by molar-refractivity contribution is 5.70. The lowest BCUT2D eigenvalue weighted by molar-refractivity contribution is -0.275. The Kier molecular flexibility index (Phi) is 3.84. The van der Waals surface area contributed by atoms with Crippen molar-refractivity contribution in [2.75, 3.05) is 7.11 Å². The summed E-state index contributed by atoms with van der Waals surface area (Å²) in [4.78, 5) is 23.7. The zero-order chi connectivity index (χ0) is 13.9. The molecule has 0 aliphatic rings. The molecule has 6 nitrogen and oxygen atoms in total. The van der Waals surface area contributed by atoms with Crippen molar-refractivity contribution >= 4 is 5.97 Å². The lowest BCUT2D eigenvalue weighted by atomic mass is 10.2. The van der Waals surface area contributed by atoms with Crippen molar-refractivity contribution in [3.8, 4) is 11.5 Å². The molecule has 0 aromatic carbocycles. The monoisotopic (exact) mass is 267 g/mol. The third-order valence-electron chi connectivity index (χ3n) is 1.82. The van der Waals surface area contributed by atoms with Crippen LogP contribution < -0.4 is 15.0 Å². The molecule has 0 aliphatic heterocycles. The molecule has 0 aliphatic carbocycles. The molecule has 2 N–H and O–H groups in total. The van der Waals surface area contributed by atoms with Gasteiger partial charge < -0.3 is 19.6 Å². The van der Waals surface area contributed by atoms with Crippen LogP contribution in [0.2, 0.25) is 0 Å². The summed E-state index contributed by atoms with van der Waals surface area (Å²) in [6, 6.07) is 0.685. The molecule has 0 unspecified atom stereocenters. The summed E-state index contributed by atoms with van der Waals surface area (Å²) in [7, 11) is 1.08. The van der Waals surface area contributed by atoms with Gasteiger partial charge in [-0.3, -0.25) is 9.59 Å². The van der Waals surface area contributed by atoms with Crippen molar-refractivity contribution in [1.82, 2.24) is 4.98 Å². The second kappa shape index (κ2) is 4.98. The molecule has 0 radical (unpaired) electrons. The normalized spacial score (nSPS) is 11.1. The number of carbonyl (C=O) groups is 1. The van der Waals surface area contributed by atoms with E-state index in [1.54, 1.807) is 0 Å². The first kappa shape index (κ1) is 13.9. The minimum atomic E-state index is -5.00. The standard InChI is InChI=1S/C9H8F3NO5/c1-17-6-3-5(18-9(10,11)12)4(2-7(14)15)13-8(6)16/h3H,2H2,1H3,(H,13,16)(H,14,15). The SMILES string of the molecule is COc1cc(OC(F)(F)F)c(CC(=O)O)[nH]c1=O. The topological polar surface area (TPSA) is 88.6 Å². The lowest BCUT2D eigenvalue weighted by Crippen LogP contribution is -2.22. The Labute approximate surface area is 98.0 Å². The van der Waals surface area contributed by atoms with Gasteiger partial charge in [-0.15, -0.1) is 13.2 Å². The molecular weight excluding hydrogens is 259 g/mol. The number of carboxylic acids is 1. The molecule has 0 fully saturated rings. The van der Waals surface area contributed by atoms with Crippen LogP contribution in [0.15, 0.2) is 10.9 Å². The van der Waals surface area contributed by atoms with Crippen molar-refractivity contribution in [1.29, 1.82) is 0 Å². The number of H-pyrrole nitrogens is 1. The summed E-state index contributed by atoms with van der Waals surface area (Å²) in [5.41, 5.74) is -1.34. The van der Waals surface area contributed by atoms with E-state index in [0.717, 1.165) is 7.11 Å². The van der Waals surface area contributed by atoms with E-state index >= 15 is 0 Å². The number of halogens is 3. The molecule has 1 aromatic heterocycles. The molecule has 0 atom stereocenters. The molecule has 0 saturated heterocycles. The highest BCUT2D eigenvalue weighted by Gasteiger charge is 2.33. The number of aromatic amines is 1. The van der Waals surface area contributed by atoms with Gasteiger partial charge in [-0.25, -0.2) is 0 Å². The fourth-order valence-electron chi connectivity index (χ4n) is 1.18. The van der Waals surface area contributed by atoms with Gasteiger partial charge >= 0.3 is 12.3 Å². The molecular formula is C9H8F3NO5. The number of hydrogen-bond donors (Lipinski definition) is 2. The maximum absolute atomic E-state index is 12.1. The average Bonchev–Trinajstić information content (AvgIpc) is 2.19. The maximum atomic E-state index is 12.1. The Morgan fingerprint density at radius 3 is 2.50 bits per heavy atom. The third kappa shape index (κ3) is 3.68. The first-order chi connectivity index (χ1) is 8.23. The number of aliphatic carboxylic acids is 1. The van der Waals surface area contributed by atoms with Crippen molar-refractivity contribution in [3.05, 3.63) is 22.1 Å². The number of pyridine rings is 1. The van der Waals surface area contributed by atoms with E-state index in [4.69, 9.17) is 5.11 Å². The Bertz CT molecular complexity index is 508. The summed E-state index contributed by atoms with van der Waals surface area (Å²) < 4.78 is 44.4. The molecule has 0 bridgehead atoms.